The summed E-state index contributed by atoms with van der Waals surface area (Å²) in [5, 5.41) is 0. The van der Waals surface area contributed by atoms with Crippen LogP contribution in [0.5, 0.6) is 11.5 Å². The van der Waals surface area contributed by atoms with Crippen LogP contribution in [0.3, 0.4) is 0 Å². The molecule has 2 rings (SSSR count). The number of hydrogen-bond acceptors (Lipinski definition) is 3. The largest absolute Gasteiger partial charge is 0.493 e. The maximum absolute atomic E-state index is 5.64. The average molecular weight is 230 g/mol. The number of fused-ring (bicyclic) bond motifs is 1. The highest BCUT2D eigenvalue weighted by Gasteiger charge is 2.26. The van der Waals surface area contributed by atoms with Crippen LogP contribution in [0, 0.1) is 0 Å². The number of rotatable bonds is 3. The van der Waals surface area contributed by atoms with Gasteiger partial charge in [-0.1, -0.05) is 0 Å². The van der Waals surface area contributed by atoms with E-state index in [0.29, 0.717) is 12.5 Å². The molecule has 4 heteroatoms. The minimum Gasteiger partial charge on any atom is -0.493 e. The summed E-state index contributed by atoms with van der Waals surface area (Å²) in [6.07, 6.45) is 1.06. The van der Waals surface area contributed by atoms with Crippen molar-refractivity contribution in [2.24, 2.45) is 5.73 Å². The quantitative estimate of drug-likeness (QED) is 0.859. The molecular weight excluding hydrogens is 214 g/mol. The van der Waals surface area contributed by atoms with E-state index in [9.17, 15) is 0 Å². The number of hydrogen-bond donors (Lipinski definition) is 1. The number of halogens is 1. The Morgan fingerprint density at radius 1 is 1.27 bits per heavy atom. The van der Waals surface area contributed by atoms with E-state index in [2.05, 4.69) is 0 Å². The standard InChI is InChI=1S/C11H15NO2.ClH/c1-13-10-4-7-3-8(6-12)9(7)5-11(10)14-2;/h4-5,8H,3,6,12H2,1-2H3;1H/t8-;/m0./s1. The first kappa shape index (κ1) is 12.1. The summed E-state index contributed by atoms with van der Waals surface area (Å²) < 4.78 is 10.5. The van der Waals surface area contributed by atoms with Gasteiger partial charge in [-0.05, 0) is 36.2 Å². The predicted molar refractivity (Wildman–Crippen MR) is 62.3 cm³/mol. The molecule has 0 heterocycles. The maximum Gasteiger partial charge on any atom is 0.161 e. The Balaban J connectivity index is 0.00000112. The fraction of sp³-hybridized carbons (Fsp3) is 0.455. The normalized spacial score (nSPS) is 17.1. The molecule has 2 N–H and O–H groups in total. The Hall–Kier alpha value is -0.930. The molecule has 0 unspecified atom stereocenters. The summed E-state index contributed by atoms with van der Waals surface area (Å²) in [6, 6.07) is 4.08. The van der Waals surface area contributed by atoms with E-state index in [-0.39, 0.29) is 12.4 Å². The van der Waals surface area contributed by atoms with Crippen LogP contribution in [-0.4, -0.2) is 20.8 Å². The average Bonchev–Trinajstić information content (AvgIpc) is 2.20. The van der Waals surface area contributed by atoms with Crippen LogP contribution in [0.4, 0.5) is 0 Å². The van der Waals surface area contributed by atoms with Gasteiger partial charge in [0.15, 0.2) is 11.5 Å². The topological polar surface area (TPSA) is 44.5 Å². The van der Waals surface area contributed by atoms with Crippen molar-refractivity contribution in [3.63, 3.8) is 0 Å². The van der Waals surface area contributed by atoms with E-state index >= 15 is 0 Å². The molecule has 0 radical (unpaired) electrons. The number of benzene rings is 1. The van der Waals surface area contributed by atoms with Crippen molar-refractivity contribution in [2.45, 2.75) is 12.3 Å². The summed E-state index contributed by atoms with van der Waals surface area (Å²) in [5.41, 5.74) is 8.28. The van der Waals surface area contributed by atoms with Gasteiger partial charge in [0.25, 0.3) is 0 Å². The molecule has 1 aliphatic carbocycles. The Kier molecular flexibility index (Phi) is 3.83. The molecule has 1 atom stereocenters. The Morgan fingerprint density at radius 2 is 1.87 bits per heavy atom. The summed E-state index contributed by atoms with van der Waals surface area (Å²) in [4.78, 5) is 0. The van der Waals surface area contributed by atoms with Gasteiger partial charge >= 0.3 is 0 Å². The third kappa shape index (κ3) is 1.90. The van der Waals surface area contributed by atoms with Crippen LogP contribution in [0.2, 0.25) is 0 Å². The lowest BCUT2D eigenvalue weighted by molar-refractivity contribution is 0.352. The summed E-state index contributed by atoms with van der Waals surface area (Å²) in [5.74, 6) is 2.11. The Labute approximate surface area is 96.0 Å². The van der Waals surface area contributed by atoms with Crippen LogP contribution in [-0.2, 0) is 6.42 Å². The molecule has 0 amide bonds. The molecule has 15 heavy (non-hydrogen) atoms. The summed E-state index contributed by atoms with van der Waals surface area (Å²) >= 11 is 0. The minimum atomic E-state index is 0. The first-order valence-corrected chi connectivity index (χ1v) is 4.75. The lowest BCUT2D eigenvalue weighted by Crippen LogP contribution is -2.24. The zero-order chi connectivity index (χ0) is 10.1. The molecule has 1 aromatic rings. The predicted octanol–water partition coefficient (Wildman–Crippen LogP) is 1.72. The van der Waals surface area contributed by atoms with Crippen molar-refractivity contribution in [2.75, 3.05) is 20.8 Å². The minimum absolute atomic E-state index is 0. The number of ether oxygens (including phenoxy) is 2. The number of nitrogens with two attached hydrogens (primary N) is 1. The number of methoxy groups -OCH3 is 2. The molecule has 1 aromatic carbocycles. The fourth-order valence-corrected chi connectivity index (χ4v) is 1.95. The van der Waals surface area contributed by atoms with Gasteiger partial charge in [-0.25, -0.2) is 0 Å². The third-order valence-electron chi connectivity index (χ3n) is 2.84. The van der Waals surface area contributed by atoms with Gasteiger partial charge in [0.1, 0.15) is 0 Å². The lowest BCUT2D eigenvalue weighted by atomic mass is 9.77. The molecule has 0 aliphatic heterocycles. The summed E-state index contributed by atoms with van der Waals surface area (Å²) in [6.45, 7) is 0.711. The van der Waals surface area contributed by atoms with Crippen LogP contribution in [0.15, 0.2) is 12.1 Å². The second-order valence-corrected chi connectivity index (χ2v) is 3.54. The lowest BCUT2D eigenvalue weighted by Gasteiger charge is -2.30. The first-order chi connectivity index (χ1) is 6.80. The van der Waals surface area contributed by atoms with Gasteiger partial charge in [-0.2, -0.15) is 0 Å². The molecule has 0 saturated carbocycles. The molecular formula is C11H16ClNO2. The van der Waals surface area contributed by atoms with E-state index in [1.54, 1.807) is 14.2 Å². The second-order valence-electron chi connectivity index (χ2n) is 3.54. The van der Waals surface area contributed by atoms with Crippen molar-refractivity contribution in [3.05, 3.63) is 23.3 Å². The van der Waals surface area contributed by atoms with Crippen LogP contribution in [0.25, 0.3) is 0 Å². The van der Waals surface area contributed by atoms with Crippen molar-refractivity contribution in [1.29, 1.82) is 0 Å². The van der Waals surface area contributed by atoms with Crippen LogP contribution in [0.1, 0.15) is 17.0 Å². The van der Waals surface area contributed by atoms with Gasteiger partial charge in [0.05, 0.1) is 14.2 Å². The molecule has 0 saturated heterocycles. The van der Waals surface area contributed by atoms with E-state index in [1.165, 1.54) is 11.1 Å². The highest BCUT2D eigenvalue weighted by atomic mass is 35.5. The molecule has 1 aliphatic rings. The van der Waals surface area contributed by atoms with Crippen molar-refractivity contribution < 1.29 is 9.47 Å². The highest BCUT2D eigenvalue weighted by molar-refractivity contribution is 5.85. The zero-order valence-corrected chi connectivity index (χ0v) is 9.76. The van der Waals surface area contributed by atoms with E-state index in [4.69, 9.17) is 15.2 Å². The Morgan fingerprint density at radius 3 is 2.40 bits per heavy atom. The van der Waals surface area contributed by atoms with Crippen molar-refractivity contribution >= 4 is 12.4 Å². The third-order valence-corrected chi connectivity index (χ3v) is 2.84. The molecule has 84 valence electrons. The molecule has 0 aromatic heterocycles. The zero-order valence-electron chi connectivity index (χ0n) is 8.95. The maximum atomic E-state index is 5.64. The van der Waals surface area contributed by atoms with Gasteiger partial charge < -0.3 is 15.2 Å². The van der Waals surface area contributed by atoms with E-state index in [0.717, 1.165) is 17.9 Å². The van der Waals surface area contributed by atoms with Crippen molar-refractivity contribution in [3.8, 4) is 11.5 Å². The smallest absolute Gasteiger partial charge is 0.161 e. The first-order valence-electron chi connectivity index (χ1n) is 4.75. The molecule has 3 nitrogen and oxygen atoms in total. The highest BCUT2D eigenvalue weighted by Crippen LogP contribution is 2.41. The molecule has 0 fully saturated rings. The second kappa shape index (κ2) is 4.73. The van der Waals surface area contributed by atoms with Gasteiger partial charge in [-0.15, -0.1) is 12.4 Å². The summed E-state index contributed by atoms with van der Waals surface area (Å²) in [7, 11) is 3.31. The van der Waals surface area contributed by atoms with Crippen LogP contribution >= 0.6 is 12.4 Å². The SMILES string of the molecule is COc1cc2c(cc1OC)[C@H](CN)C2.Cl. The molecule has 0 bridgehead atoms. The van der Waals surface area contributed by atoms with Gasteiger partial charge in [0, 0.05) is 5.92 Å². The van der Waals surface area contributed by atoms with Crippen molar-refractivity contribution in [1.82, 2.24) is 0 Å². The fourth-order valence-electron chi connectivity index (χ4n) is 1.95. The van der Waals surface area contributed by atoms with Gasteiger partial charge in [0.2, 0.25) is 0 Å². The molecule has 0 spiro atoms. The van der Waals surface area contributed by atoms with Gasteiger partial charge in [-0.3, -0.25) is 0 Å². The Bertz CT molecular complexity index is 355. The monoisotopic (exact) mass is 229 g/mol. The van der Waals surface area contributed by atoms with E-state index in [1.807, 2.05) is 12.1 Å². The van der Waals surface area contributed by atoms with E-state index < -0.39 is 0 Å². The van der Waals surface area contributed by atoms with Crippen LogP contribution < -0.4 is 15.2 Å².